The summed E-state index contributed by atoms with van der Waals surface area (Å²) in [6, 6.07) is 2.38. The van der Waals surface area contributed by atoms with Crippen LogP contribution in [0.5, 0.6) is 5.75 Å². The third-order valence-electron chi connectivity index (χ3n) is 4.61. The molecule has 3 aliphatic rings. The van der Waals surface area contributed by atoms with E-state index >= 15 is 0 Å². The Balaban J connectivity index is 1.95. The number of hydrogen-bond donors (Lipinski definition) is 1. The molecule has 25 heavy (non-hydrogen) atoms. The minimum Gasteiger partial charge on any atom is -0.508 e. The van der Waals surface area contributed by atoms with Crippen molar-refractivity contribution in [1.29, 1.82) is 0 Å². The lowest BCUT2D eigenvalue weighted by atomic mass is 9.71. The van der Waals surface area contributed by atoms with E-state index in [1.807, 2.05) is 0 Å². The number of Topliss-reactive ketones (excluding diaryl/α,β-unsaturated/α-hetero) is 2. The highest BCUT2D eigenvalue weighted by atomic mass is 79.9. The van der Waals surface area contributed by atoms with Gasteiger partial charge in [-0.15, -0.1) is 0 Å². The van der Waals surface area contributed by atoms with Gasteiger partial charge in [0.1, 0.15) is 24.8 Å². The Kier molecular flexibility index (Phi) is 4.05. The summed E-state index contributed by atoms with van der Waals surface area (Å²) in [6.07, 6.45) is 0. The van der Waals surface area contributed by atoms with Crippen LogP contribution in [0, 0.1) is 11.7 Å². The predicted octanol–water partition coefficient (Wildman–Crippen LogP) is 1.90. The standard InChI is InChI=1S/C17H13BrFNO5/c18-8-1-7(12(21)2-9(8)19)15-16-10(3-24-5-13(16)22)20-11-4-25-6-14(23)17(11)15/h1-2,15-16,21H,3-6H2. The molecule has 0 amide bonds. The van der Waals surface area contributed by atoms with Crippen molar-refractivity contribution in [3.8, 4) is 5.75 Å². The van der Waals surface area contributed by atoms with Crippen molar-refractivity contribution in [3.05, 3.63) is 39.3 Å². The van der Waals surface area contributed by atoms with Gasteiger partial charge in [-0.2, -0.15) is 0 Å². The first-order valence-electron chi connectivity index (χ1n) is 7.67. The zero-order valence-corrected chi connectivity index (χ0v) is 14.5. The number of carbonyl (C=O) groups is 2. The lowest BCUT2D eigenvalue weighted by Crippen LogP contribution is -2.45. The van der Waals surface area contributed by atoms with Gasteiger partial charge < -0.3 is 14.6 Å². The van der Waals surface area contributed by atoms with Gasteiger partial charge in [0.15, 0.2) is 11.6 Å². The molecule has 0 aromatic heterocycles. The van der Waals surface area contributed by atoms with Gasteiger partial charge in [0.2, 0.25) is 0 Å². The number of aromatic hydroxyl groups is 1. The fourth-order valence-corrected chi connectivity index (χ4v) is 3.94. The summed E-state index contributed by atoms with van der Waals surface area (Å²) in [5.41, 5.74) is 1.59. The number of ether oxygens (including phenoxy) is 2. The van der Waals surface area contributed by atoms with E-state index in [4.69, 9.17) is 9.47 Å². The van der Waals surface area contributed by atoms with Crippen molar-refractivity contribution in [2.45, 2.75) is 5.92 Å². The highest BCUT2D eigenvalue weighted by Gasteiger charge is 2.46. The van der Waals surface area contributed by atoms with Gasteiger partial charge in [0.25, 0.3) is 0 Å². The van der Waals surface area contributed by atoms with E-state index in [2.05, 4.69) is 20.9 Å². The summed E-state index contributed by atoms with van der Waals surface area (Å²) in [7, 11) is 0. The Labute approximate surface area is 150 Å². The topological polar surface area (TPSA) is 85.2 Å². The first-order valence-corrected chi connectivity index (χ1v) is 8.46. The first-order chi connectivity index (χ1) is 12.0. The fraction of sp³-hybridized carbons (Fsp3) is 0.353. The molecule has 3 aliphatic heterocycles. The monoisotopic (exact) mass is 409 g/mol. The van der Waals surface area contributed by atoms with Gasteiger partial charge in [-0.05, 0) is 22.0 Å². The molecule has 0 spiro atoms. The molecular formula is C17H13BrFNO5. The SMILES string of the molecule is O=C1COCC2=C1C(c1cc(Br)c(F)cc1O)C1C(=O)COCC1=N2. The molecule has 8 heteroatoms. The number of carbonyl (C=O) groups excluding carboxylic acids is 2. The number of phenols is 1. The molecule has 130 valence electrons. The van der Waals surface area contributed by atoms with Crippen LogP contribution in [-0.2, 0) is 19.1 Å². The molecule has 2 atom stereocenters. The Bertz CT molecular complexity index is 863. The molecule has 0 saturated carbocycles. The van der Waals surface area contributed by atoms with Crippen LogP contribution in [0.15, 0.2) is 32.9 Å². The van der Waals surface area contributed by atoms with E-state index in [0.717, 1.165) is 6.07 Å². The van der Waals surface area contributed by atoms with Crippen LogP contribution in [0.2, 0.25) is 0 Å². The number of ketones is 2. The van der Waals surface area contributed by atoms with Crippen LogP contribution in [0.1, 0.15) is 11.5 Å². The Hall–Kier alpha value is -1.90. The molecule has 1 saturated heterocycles. The van der Waals surface area contributed by atoms with Crippen molar-refractivity contribution in [1.82, 2.24) is 0 Å². The summed E-state index contributed by atoms with van der Waals surface area (Å²) in [4.78, 5) is 29.4. The third kappa shape index (κ3) is 2.65. The van der Waals surface area contributed by atoms with Crippen LogP contribution in [0.3, 0.4) is 0 Å². The molecule has 1 aromatic carbocycles. The molecule has 1 aromatic rings. The predicted molar refractivity (Wildman–Crippen MR) is 88.1 cm³/mol. The molecule has 0 bridgehead atoms. The minimum absolute atomic E-state index is 0.0867. The molecule has 1 N–H and O–H groups in total. The van der Waals surface area contributed by atoms with Crippen molar-refractivity contribution < 1.29 is 28.6 Å². The number of halogens is 2. The summed E-state index contributed by atoms with van der Waals surface area (Å²) >= 11 is 3.10. The largest absolute Gasteiger partial charge is 0.508 e. The van der Waals surface area contributed by atoms with Crippen LogP contribution >= 0.6 is 15.9 Å². The second-order valence-electron chi connectivity index (χ2n) is 6.12. The maximum atomic E-state index is 13.7. The highest BCUT2D eigenvalue weighted by molar-refractivity contribution is 9.10. The van der Waals surface area contributed by atoms with Crippen molar-refractivity contribution >= 4 is 33.2 Å². The quantitative estimate of drug-likeness (QED) is 0.765. The number of nitrogens with zero attached hydrogens (tertiary/aromatic N) is 1. The molecular weight excluding hydrogens is 397 g/mol. The van der Waals surface area contributed by atoms with E-state index in [9.17, 15) is 19.1 Å². The second-order valence-corrected chi connectivity index (χ2v) is 6.97. The van der Waals surface area contributed by atoms with E-state index in [-0.39, 0.29) is 48.2 Å². The van der Waals surface area contributed by atoms with E-state index < -0.39 is 17.7 Å². The van der Waals surface area contributed by atoms with E-state index in [1.54, 1.807) is 0 Å². The van der Waals surface area contributed by atoms with Gasteiger partial charge in [0.05, 0.1) is 35.0 Å². The first kappa shape index (κ1) is 16.6. The van der Waals surface area contributed by atoms with Gasteiger partial charge in [-0.3, -0.25) is 14.6 Å². The summed E-state index contributed by atoms with van der Waals surface area (Å²) in [5.74, 6) is -2.88. The van der Waals surface area contributed by atoms with Gasteiger partial charge in [0, 0.05) is 23.1 Å². The maximum absolute atomic E-state index is 13.7. The zero-order valence-electron chi connectivity index (χ0n) is 12.9. The Morgan fingerprint density at radius 1 is 1.12 bits per heavy atom. The Morgan fingerprint density at radius 3 is 2.68 bits per heavy atom. The summed E-state index contributed by atoms with van der Waals surface area (Å²) < 4.78 is 24.4. The van der Waals surface area contributed by atoms with Crippen LogP contribution in [-0.4, -0.2) is 48.8 Å². The minimum atomic E-state index is -0.729. The Morgan fingerprint density at radius 2 is 1.88 bits per heavy atom. The molecule has 6 nitrogen and oxygen atoms in total. The molecule has 0 radical (unpaired) electrons. The van der Waals surface area contributed by atoms with Crippen molar-refractivity contribution in [3.63, 3.8) is 0 Å². The molecule has 4 rings (SSSR count). The van der Waals surface area contributed by atoms with Gasteiger partial charge in [-0.25, -0.2) is 4.39 Å². The lowest BCUT2D eigenvalue weighted by molar-refractivity contribution is -0.127. The number of phenolic OH excluding ortho intramolecular Hbond substituents is 1. The van der Waals surface area contributed by atoms with Crippen molar-refractivity contribution in [2.24, 2.45) is 10.9 Å². The number of fused-ring (bicyclic) bond motifs is 1. The zero-order chi connectivity index (χ0) is 17.7. The normalized spacial score (nSPS) is 26.2. The number of hydrogen-bond acceptors (Lipinski definition) is 6. The van der Waals surface area contributed by atoms with E-state index in [1.165, 1.54) is 6.07 Å². The molecule has 1 fully saturated rings. The van der Waals surface area contributed by atoms with Crippen LogP contribution in [0.4, 0.5) is 4.39 Å². The average Bonchev–Trinajstić information content (AvgIpc) is 2.57. The molecule has 2 unspecified atom stereocenters. The van der Waals surface area contributed by atoms with Gasteiger partial charge >= 0.3 is 0 Å². The van der Waals surface area contributed by atoms with Gasteiger partial charge in [-0.1, -0.05) is 0 Å². The van der Waals surface area contributed by atoms with Crippen LogP contribution < -0.4 is 0 Å². The van der Waals surface area contributed by atoms with E-state index in [0.29, 0.717) is 22.5 Å². The second kappa shape index (κ2) is 6.12. The summed E-state index contributed by atoms with van der Waals surface area (Å²) in [5, 5.41) is 10.3. The average molecular weight is 410 g/mol. The molecule has 0 aliphatic carbocycles. The lowest BCUT2D eigenvalue weighted by Gasteiger charge is -2.37. The number of rotatable bonds is 1. The third-order valence-corrected chi connectivity index (χ3v) is 5.22. The van der Waals surface area contributed by atoms with Crippen LogP contribution in [0.25, 0.3) is 0 Å². The maximum Gasteiger partial charge on any atom is 0.187 e. The smallest absolute Gasteiger partial charge is 0.187 e. The molecule has 3 heterocycles. The number of aliphatic imine (C=N–C) groups is 1. The van der Waals surface area contributed by atoms with Crippen molar-refractivity contribution in [2.75, 3.05) is 26.4 Å². The number of benzene rings is 1. The fourth-order valence-electron chi connectivity index (χ4n) is 3.58. The summed E-state index contributed by atoms with van der Waals surface area (Å²) in [6.45, 7) is 0.115. The highest BCUT2D eigenvalue weighted by Crippen LogP contribution is 2.45.